The third kappa shape index (κ3) is 5.47. The summed E-state index contributed by atoms with van der Waals surface area (Å²) in [6.07, 6.45) is 1.64. The lowest BCUT2D eigenvalue weighted by molar-refractivity contribution is 0.414. The molecule has 0 aliphatic heterocycles. The highest BCUT2D eigenvalue weighted by atomic mass is 16.5. The number of benzene rings is 3. The Kier molecular flexibility index (Phi) is 6.26. The molecule has 0 aliphatic rings. The molecule has 0 radical (unpaired) electrons. The summed E-state index contributed by atoms with van der Waals surface area (Å²) in [6.45, 7) is 1.90. The Morgan fingerprint density at radius 2 is 1.33 bits per heavy atom. The molecule has 0 unspecified atom stereocenters. The number of hydrogen-bond acceptors (Lipinski definition) is 4. The number of nitrogens with zero attached hydrogens (tertiary/aromatic N) is 1. The van der Waals surface area contributed by atoms with Crippen molar-refractivity contribution in [2.45, 2.75) is 6.92 Å². The number of ether oxygens (including phenoxy) is 3. The van der Waals surface area contributed by atoms with Gasteiger partial charge in [-0.2, -0.15) is 0 Å². The highest BCUT2D eigenvalue weighted by Gasteiger charge is 2.08. The Morgan fingerprint density at radius 1 is 0.741 bits per heavy atom. The molecule has 3 rings (SSSR count). The standard InChI is InChI=1S/C23H21NO3/c1-18(17-26-21-11-7-4-8-12-21)23(24-19-9-5-3-6-10-19)27-22-15-13-20(25-2)14-16-22/h3-17H,1-2H3/b18-17+,24-23?. The van der Waals surface area contributed by atoms with Gasteiger partial charge in [-0.3, -0.25) is 0 Å². The maximum absolute atomic E-state index is 6.01. The van der Waals surface area contributed by atoms with E-state index in [0.29, 0.717) is 11.6 Å². The van der Waals surface area contributed by atoms with Crippen LogP contribution in [0, 0.1) is 0 Å². The first-order chi connectivity index (χ1) is 13.2. The largest absolute Gasteiger partial charge is 0.497 e. The highest BCUT2D eigenvalue weighted by Crippen LogP contribution is 2.21. The second-order valence-corrected chi connectivity index (χ2v) is 5.76. The molecule has 0 saturated heterocycles. The molecule has 3 aromatic carbocycles. The minimum atomic E-state index is 0.460. The first-order valence-electron chi connectivity index (χ1n) is 8.59. The first-order valence-corrected chi connectivity index (χ1v) is 8.59. The van der Waals surface area contributed by atoms with Crippen molar-refractivity contribution in [1.29, 1.82) is 0 Å². The minimum absolute atomic E-state index is 0.460. The molecule has 0 saturated carbocycles. The second-order valence-electron chi connectivity index (χ2n) is 5.76. The summed E-state index contributed by atoms with van der Waals surface area (Å²) in [6, 6.07) is 26.6. The van der Waals surface area contributed by atoms with Gasteiger partial charge in [-0.1, -0.05) is 36.4 Å². The van der Waals surface area contributed by atoms with E-state index in [1.165, 1.54) is 0 Å². The van der Waals surface area contributed by atoms with Gasteiger partial charge in [0.05, 0.1) is 19.1 Å². The van der Waals surface area contributed by atoms with Crippen molar-refractivity contribution in [3.63, 3.8) is 0 Å². The molecule has 0 spiro atoms. The number of para-hydroxylation sites is 2. The van der Waals surface area contributed by atoms with Gasteiger partial charge in [0.15, 0.2) is 0 Å². The SMILES string of the molecule is COc1ccc(OC(=Nc2ccccc2)/C(C)=C/Oc2ccccc2)cc1. The number of hydrogen-bond donors (Lipinski definition) is 0. The van der Waals surface area contributed by atoms with E-state index in [9.17, 15) is 0 Å². The van der Waals surface area contributed by atoms with E-state index in [-0.39, 0.29) is 0 Å². The summed E-state index contributed by atoms with van der Waals surface area (Å²) >= 11 is 0. The fourth-order valence-electron chi connectivity index (χ4n) is 2.27. The lowest BCUT2D eigenvalue weighted by Crippen LogP contribution is -2.10. The van der Waals surface area contributed by atoms with Crippen molar-refractivity contribution >= 4 is 11.6 Å². The van der Waals surface area contributed by atoms with E-state index in [1.807, 2.05) is 91.9 Å². The third-order valence-corrected chi connectivity index (χ3v) is 3.71. The molecule has 0 fully saturated rings. The van der Waals surface area contributed by atoms with Crippen LogP contribution >= 0.6 is 0 Å². The van der Waals surface area contributed by atoms with Crippen LogP contribution in [0.15, 0.2) is 102 Å². The zero-order valence-electron chi connectivity index (χ0n) is 15.3. The van der Waals surface area contributed by atoms with Crippen molar-refractivity contribution in [2.24, 2.45) is 4.99 Å². The second kappa shape index (κ2) is 9.25. The van der Waals surface area contributed by atoms with Crippen molar-refractivity contribution in [1.82, 2.24) is 0 Å². The van der Waals surface area contributed by atoms with Crippen LogP contribution in [-0.2, 0) is 0 Å². The predicted molar refractivity (Wildman–Crippen MR) is 108 cm³/mol. The Bertz CT molecular complexity index is 901. The van der Waals surface area contributed by atoms with Gasteiger partial charge in [0.25, 0.3) is 0 Å². The van der Waals surface area contributed by atoms with Gasteiger partial charge in [0, 0.05) is 5.57 Å². The molecule has 0 aliphatic carbocycles. The zero-order valence-corrected chi connectivity index (χ0v) is 15.3. The molecule has 0 heterocycles. The Balaban J connectivity index is 1.85. The molecular formula is C23H21NO3. The van der Waals surface area contributed by atoms with Crippen LogP contribution in [0.5, 0.6) is 17.2 Å². The quantitative estimate of drug-likeness (QED) is 0.318. The van der Waals surface area contributed by atoms with Crippen LogP contribution in [0.1, 0.15) is 6.92 Å². The van der Waals surface area contributed by atoms with Gasteiger partial charge in [0.2, 0.25) is 5.90 Å². The topological polar surface area (TPSA) is 40.0 Å². The van der Waals surface area contributed by atoms with Crippen LogP contribution in [-0.4, -0.2) is 13.0 Å². The molecule has 4 nitrogen and oxygen atoms in total. The number of methoxy groups -OCH3 is 1. The molecule has 0 bridgehead atoms. The molecule has 0 amide bonds. The predicted octanol–water partition coefficient (Wildman–Crippen LogP) is 5.79. The molecule has 0 N–H and O–H groups in total. The molecule has 136 valence electrons. The summed E-state index contributed by atoms with van der Waals surface area (Å²) in [4.78, 5) is 4.62. The van der Waals surface area contributed by atoms with Gasteiger partial charge in [-0.25, -0.2) is 4.99 Å². The summed E-state index contributed by atoms with van der Waals surface area (Å²) in [5, 5.41) is 0. The molecular weight excluding hydrogens is 338 g/mol. The normalized spacial score (nSPS) is 11.8. The maximum atomic E-state index is 6.01. The van der Waals surface area contributed by atoms with Gasteiger partial charge in [-0.15, -0.1) is 0 Å². The molecule has 27 heavy (non-hydrogen) atoms. The van der Waals surface area contributed by atoms with E-state index >= 15 is 0 Å². The average Bonchev–Trinajstić information content (AvgIpc) is 2.73. The van der Waals surface area contributed by atoms with Crippen LogP contribution < -0.4 is 14.2 Å². The minimum Gasteiger partial charge on any atom is -0.497 e. The van der Waals surface area contributed by atoms with E-state index in [1.54, 1.807) is 13.4 Å². The number of aliphatic imine (C=N–C) groups is 1. The Hall–Kier alpha value is -3.53. The van der Waals surface area contributed by atoms with Crippen molar-refractivity contribution < 1.29 is 14.2 Å². The van der Waals surface area contributed by atoms with Crippen molar-refractivity contribution in [3.05, 3.63) is 96.8 Å². The van der Waals surface area contributed by atoms with E-state index in [2.05, 4.69) is 4.99 Å². The van der Waals surface area contributed by atoms with Gasteiger partial charge >= 0.3 is 0 Å². The first kappa shape index (κ1) is 18.3. The molecule has 0 aromatic heterocycles. The lowest BCUT2D eigenvalue weighted by atomic mass is 10.3. The van der Waals surface area contributed by atoms with Crippen LogP contribution in [0.25, 0.3) is 0 Å². The molecule has 3 aromatic rings. The summed E-state index contributed by atoms with van der Waals surface area (Å²) < 4.78 is 16.9. The zero-order chi connectivity index (χ0) is 18.9. The van der Waals surface area contributed by atoms with Crippen molar-refractivity contribution in [2.75, 3.05) is 7.11 Å². The summed E-state index contributed by atoms with van der Waals surface area (Å²) in [5.74, 6) is 2.64. The van der Waals surface area contributed by atoms with Crippen LogP contribution in [0.2, 0.25) is 0 Å². The Morgan fingerprint density at radius 3 is 1.96 bits per heavy atom. The van der Waals surface area contributed by atoms with E-state index < -0.39 is 0 Å². The van der Waals surface area contributed by atoms with Gasteiger partial charge < -0.3 is 14.2 Å². The third-order valence-electron chi connectivity index (χ3n) is 3.71. The molecule has 4 heteroatoms. The average molecular weight is 359 g/mol. The maximum Gasteiger partial charge on any atom is 0.225 e. The van der Waals surface area contributed by atoms with Crippen LogP contribution in [0.3, 0.4) is 0 Å². The van der Waals surface area contributed by atoms with Gasteiger partial charge in [-0.05, 0) is 55.5 Å². The molecule has 0 atom stereocenters. The summed E-state index contributed by atoms with van der Waals surface area (Å²) in [7, 11) is 1.63. The van der Waals surface area contributed by atoms with Crippen LogP contribution in [0.4, 0.5) is 5.69 Å². The summed E-state index contributed by atoms with van der Waals surface area (Å²) in [5.41, 5.74) is 1.56. The Labute approximate surface area is 159 Å². The smallest absolute Gasteiger partial charge is 0.225 e. The number of rotatable bonds is 6. The lowest BCUT2D eigenvalue weighted by Gasteiger charge is -2.11. The van der Waals surface area contributed by atoms with Crippen molar-refractivity contribution in [3.8, 4) is 17.2 Å². The van der Waals surface area contributed by atoms with Gasteiger partial charge in [0.1, 0.15) is 17.2 Å². The van der Waals surface area contributed by atoms with E-state index in [0.717, 1.165) is 22.8 Å². The van der Waals surface area contributed by atoms with E-state index in [4.69, 9.17) is 14.2 Å². The fraction of sp³-hybridized carbons (Fsp3) is 0.0870. The highest BCUT2D eigenvalue weighted by molar-refractivity contribution is 5.96. The monoisotopic (exact) mass is 359 g/mol. The fourth-order valence-corrected chi connectivity index (χ4v) is 2.27.